The van der Waals surface area contributed by atoms with E-state index in [0.29, 0.717) is 38.6 Å². The molecule has 1 aliphatic heterocycles. The second-order valence-corrected chi connectivity index (χ2v) is 10.8. The molecule has 3 aromatic rings. The zero-order chi connectivity index (χ0) is 23.1. The van der Waals surface area contributed by atoms with E-state index >= 15 is 0 Å². The number of hydrogen-bond acceptors (Lipinski definition) is 4. The molecule has 0 aliphatic carbocycles. The van der Waals surface area contributed by atoms with Gasteiger partial charge in [0, 0.05) is 50.0 Å². The Kier molecular flexibility index (Phi) is 8.20. The first-order valence-electron chi connectivity index (χ1n) is 11.9. The maximum atomic E-state index is 12.8. The van der Waals surface area contributed by atoms with Crippen LogP contribution in [0.1, 0.15) is 43.6 Å². The summed E-state index contributed by atoms with van der Waals surface area (Å²) >= 11 is 0. The molecule has 0 amide bonds. The average molecular weight is 471 g/mol. The standard InChI is InChI=1S/C26H34N2O4S/c29-15-4-5-16-32-17-6-18-33(30,31)28-13-11-22(12-14-28)25-20-27-26-10-9-23(19-24(25)26)21-7-2-1-3-8-21/h1-3,7-10,19-20,22,27,29H,4-6,11-18H2. The van der Waals surface area contributed by atoms with Crippen LogP contribution in [-0.2, 0) is 14.8 Å². The van der Waals surface area contributed by atoms with Gasteiger partial charge in [-0.25, -0.2) is 12.7 Å². The number of nitrogens with zero attached hydrogens (tertiary/aromatic N) is 1. The molecule has 0 spiro atoms. The summed E-state index contributed by atoms with van der Waals surface area (Å²) in [5.74, 6) is 0.483. The number of H-pyrrole nitrogens is 1. The van der Waals surface area contributed by atoms with E-state index in [1.807, 2.05) is 6.07 Å². The smallest absolute Gasteiger partial charge is 0.214 e. The van der Waals surface area contributed by atoms with Crippen LogP contribution < -0.4 is 0 Å². The predicted octanol–water partition coefficient (Wildman–Crippen LogP) is 4.52. The molecule has 178 valence electrons. The minimum Gasteiger partial charge on any atom is -0.396 e. The predicted molar refractivity (Wildman–Crippen MR) is 133 cm³/mol. The molecule has 1 aromatic heterocycles. The second-order valence-electron chi connectivity index (χ2n) is 8.76. The minimum atomic E-state index is -3.25. The lowest BCUT2D eigenvalue weighted by Crippen LogP contribution is -2.39. The third-order valence-corrected chi connectivity index (χ3v) is 8.45. The Morgan fingerprint density at radius 2 is 1.73 bits per heavy atom. The molecule has 2 aromatic carbocycles. The average Bonchev–Trinajstić information content (AvgIpc) is 3.27. The highest BCUT2D eigenvalue weighted by Gasteiger charge is 2.29. The normalized spacial score (nSPS) is 15.9. The number of aromatic nitrogens is 1. The summed E-state index contributed by atoms with van der Waals surface area (Å²) in [7, 11) is -3.25. The Labute approximate surface area is 196 Å². The lowest BCUT2D eigenvalue weighted by atomic mass is 9.89. The molecule has 4 rings (SSSR count). The highest BCUT2D eigenvalue weighted by Crippen LogP contribution is 2.35. The van der Waals surface area contributed by atoms with Crippen LogP contribution in [0.3, 0.4) is 0 Å². The van der Waals surface area contributed by atoms with Crippen molar-refractivity contribution >= 4 is 20.9 Å². The van der Waals surface area contributed by atoms with Crippen molar-refractivity contribution in [2.75, 3.05) is 38.7 Å². The molecular weight excluding hydrogens is 436 g/mol. The quantitative estimate of drug-likeness (QED) is 0.404. The SMILES string of the molecule is O=S(=O)(CCCOCCCCO)N1CCC(c2c[nH]c3ccc(-c4ccccc4)cc23)CC1. The van der Waals surface area contributed by atoms with E-state index in [2.05, 4.69) is 53.6 Å². The number of ether oxygens (including phenoxy) is 1. The number of sulfonamides is 1. The Bertz CT molecular complexity index is 1120. The molecule has 0 radical (unpaired) electrons. The molecule has 0 saturated carbocycles. The Morgan fingerprint density at radius 3 is 2.48 bits per heavy atom. The van der Waals surface area contributed by atoms with Gasteiger partial charge in [-0.1, -0.05) is 36.4 Å². The van der Waals surface area contributed by atoms with Crippen molar-refractivity contribution in [3.63, 3.8) is 0 Å². The van der Waals surface area contributed by atoms with Crippen LogP contribution in [0.5, 0.6) is 0 Å². The van der Waals surface area contributed by atoms with E-state index < -0.39 is 10.0 Å². The van der Waals surface area contributed by atoms with Crippen molar-refractivity contribution in [2.45, 2.75) is 38.0 Å². The maximum Gasteiger partial charge on any atom is 0.214 e. The summed E-state index contributed by atoms with van der Waals surface area (Å²) in [5.41, 5.74) is 4.81. The minimum absolute atomic E-state index is 0.130. The van der Waals surface area contributed by atoms with Gasteiger partial charge in [0.25, 0.3) is 0 Å². The number of aromatic amines is 1. The van der Waals surface area contributed by atoms with Gasteiger partial charge in [0.05, 0.1) is 5.75 Å². The molecule has 0 unspecified atom stereocenters. The van der Waals surface area contributed by atoms with Crippen molar-refractivity contribution in [2.24, 2.45) is 0 Å². The lowest BCUT2D eigenvalue weighted by Gasteiger charge is -2.31. The monoisotopic (exact) mass is 470 g/mol. The molecule has 1 aliphatic rings. The Morgan fingerprint density at radius 1 is 0.970 bits per heavy atom. The van der Waals surface area contributed by atoms with Gasteiger partial charge in [0.15, 0.2) is 0 Å². The molecular formula is C26H34N2O4S. The number of nitrogens with one attached hydrogen (secondary N) is 1. The van der Waals surface area contributed by atoms with Gasteiger partial charge in [-0.3, -0.25) is 0 Å². The zero-order valence-corrected chi connectivity index (χ0v) is 19.9. The van der Waals surface area contributed by atoms with E-state index in [9.17, 15) is 8.42 Å². The van der Waals surface area contributed by atoms with Crippen LogP contribution in [0, 0.1) is 0 Å². The molecule has 7 heteroatoms. The third kappa shape index (κ3) is 6.03. The number of aliphatic hydroxyl groups excluding tert-OH is 1. The number of unbranched alkanes of at least 4 members (excludes halogenated alkanes) is 1. The van der Waals surface area contributed by atoms with Gasteiger partial charge in [0.2, 0.25) is 10.0 Å². The van der Waals surface area contributed by atoms with Gasteiger partial charge >= 0.3 is 0 Å². The van der Waals surface area contributed by atoms with Gasteiger partial charge in [-0.05, 0) is 66.8 Å². The number of fused-ring (bicyclic) bond motifs is 1. The molecule has 0 bridgehead atoms. The summed E-state index contributed by atoms with van der Waals surface area (Å²) in [6, 6.07) is 16.9. The third-order valence-electron chi connectivity index (χ3n) is 6.50. The molecule has 2 N–H and O–H groups in total. The summed E-state index contributed by atoms with van der Waals surface area (Å²) in [4.78, 5) is 3.40. The van der Waals surface area contributed by atoms with Crippen molar-refractivity contribution in [1.29, 1.82) is 0 Å². The molecule has 1 fully saturated rings. The number of hydrogen-bond donors (Lipinski definition) is 2. The summed E-state index contributed by atoms with van der Waals surface area (Å²) < 4.78 is 32.6. The molecule has 1 saturated heterocycles. The lowest BCUT2D eigenvalue weighted by molar-refractivity contribution is 0.126. The summed E-state index contributed by atoms with van der Waals surface area (Å²) in [6.45, 7) is 2.31. The molecule has 6 nitrogen and oxygen atoms in total. The van der Waals surface area contributed by atoms with E-state index in [4.69, 9.17) is 9.84 Å². The first-order chi connectivity index (χ1) is 16.1. The summed E-state index contributed by atoms with van der Waals surface area (Å²) in [6.07, 6.45) is 5.79. The van der Waals surface area contributed by atoms with Crippen molar-refractivity contribution in [3.05, 3.63) is 60.3 Å². The van der Waals surface area contributed by atoms with Gasteiger partial charge in [-0.2, -0.15) is 0 Å². The first-order valence-corrected chi connectivity index (χ1v) is 13.5. The molecule has 0 atom stereocenters. The number of piperidine rings is 1. The van der Waals surface area contributed by atoms with Gasteiger partial charge in [0.1, 0.15) is 0 Å². The number of rotatable bonds is 11. The van der Waals surface area contributed by atoms with Crippen LogP contribution in [0.2, 0.25) is 0 Å². The summed E-state index contributed by atoms with van der Waals surface area (Å²) in [5, 5.41) is 10.0. The molecule has 33 heavy (non-hydrogen) atoms. The zero-order valence-electron chi connectivity index (χ0n) is 19.1. The van der Waals surface area contributed by atoms with E-state index in [-0.39, 0.29) is 12.4 Å². The number of benzene rings is 2. The first kappa shape index (κ1) is 24.0. The van der Waals surface area contributed by atoms with Crippen molar-refractivity contribution < 1.29 is 18.3 Å². The Hall–Kier alpha value is -2.19. The fraction of sp³-hybridized carbons (Fsp3) is 0.462. The van der Waals surface area contributed by atoms with E-state index in [1.54, 1.807) is 4.31 Å². The van der Waals surface area contributed by atoms with Crippen LogP contribution in [-0.4, -0.2) is 61.5 Å². The molecule has 2 heterocycles. The number of aliphatic hydroxyl groups is 1. The highest BCUT2D eigenvalue weighted by atomic mass is 32.2. The fourth-order valence-electron chi connectivity index (χ4n) is 4.63. The van der Waals surface area contributed by atoms with Crippen LogP contribution in [0.25, 0.3) is 22.0 Å². The largest absolute Gasteiger partial charge is 0.396 e. The van der Waals surface area contributed by atoms with Crippen molar-refractivity contribution in [3.8, 4) is 11.1 Å². The van der Waals surface area contributed by atoms with E-state index in [0.717, 1.165) is 31.2 Å². The van der Waals surface area contributed by atoms with Crippen LogP contribution in [0.15, 0.2) is 54.7 Å². The van der Waals surface area contributed by atoms with Gasteiger partial charge in [-0.15, -0.1) is 0 Å². The van der Waals surface area contributed by atoms with Crippen LogP contribution >= 0.6 is 0 Å². The van der Waals surface area contributed by atoms with Crippen LogP contribution in [0.4, 0.5) is 0 Å². The maximum absolute atomic E-state index is 12.8. The Balaban J connectivity index is 1.34. The second kappa shape index (κ2) is 11.3. The van der Waals surface area contributed by atoms with E-state index in [1.165, 1.54) is 22.1 Å². The topological polar surface area (TPSA) is 82.6 Å². The highest BCUT2D eigenvalue weighted by molar-refractivity contribution is 7.89. The fourth-order valence-corrected chi connectivity index (χ4v) is 6.13. The van der Waals surface area contributed by atoms with Gasteiger partial charge < -0.3 is 14.8 Å². The van der Waals surface area contributed by atoms with Crippen molar-refractivity contribution in [1.82, 2.24) is 9.29 Å².